The summed E-state index contributed by atoms with van der Waals surface area (Å²) in [6, 6.07) is 12.9. The van der Waals surface area contributed by atoms with Gasteiger partial charge in [-0.05, 0) is 31.2 Å². The van der Waals surface area contributed by atoms with Crippen LogP contribution in [-0.2, 0) is 0 Å². The van der Waals surface area contributed by atoms with Crippen LogP contribution in [-0.4, -0.2) is 17.4 Å². The molecule has 1 aromatic carbocycles. The van der Waals surface area contributed by atoms with Gasteiger partial charge in [0.1, 0.15) is 0 Å². The van der Waals surface area contributed by atoms with Crippen molar-refractivity contribution in [2.45, 2.75) is 6.92 Å². The number of nitrogens with zero attached hydrogens (tertiary/aromatic N) is 2. The Morgan fingerprint density at radius 1 is 1.26 bits per heavy atom. The van der Waals surface area contributed by atoms with Crippen molar-refractivity contribution < 1.29 is 4.79 Å². The first-order valence-corrected chi connectivity index (χ1v) is 6.06. The van der Waals surface area contributed by atoms with Crippen LogP contribution in [0.15, 0.2) is 48.7 Å². The molecule has 0 spiro atoms. The number of amides is 1. The minimum absolute atomic E-state index is 0.130. The molecule has 0 aliphatic carbocycles. The number of anilines is 2. The van der Waals surface area contributed by atoms with Crippen LogP contribution in [0.1, 0.15) is 17.3 Å². The van der Waals surface area contributed by atoms with Gasteiger partial charge in [0.2, 0.25) is 0 Å². The van der Waals surface area contributed by atoms with Crippen molar-refractivity contribution >= 4 is 17.4 Å². The number of hydrogen-bond acceptors (Lipinski definition) is 4. The van der Waals surface area contributed by atoms with Crippen LogP contribution < -0.4 is 16.2 Å². The number of benzene rings is 1. The second-order valence-corrected chi connectivity index (χ2v) is 3.93. The maximum atomic E-state index is 12.5. The summed E-state index contributed by atoms with van der Waals surface area (Å²) in [5.41, 5.74) is 3.75. The smallest absolute Gasteiger partial charge is 0.262 e. The molecule has 2 rings (SSSR count). The second-order valence-electron chi connectivity index (χ2n) is 3.93. The molecule has 0 unspecified atom stereocenters. The quantitative estimate of drug-likeness (QED) is 0.648. The fourth-order valence-corrected chi connectivity index (χ4v) is 1.89. The van der Waals surface area contributed by atoms with E-state index in [4.69, 9.17) is 5.84 Å². The van der Waals surface area contributed by atoms with Gasteiger partial charge >= 0.3 is 0 Å². The first-order valence-electron chi connectivity index (χ1n) is 6.06. The van der Waals surface area contributed by atoms with E-state index in [1.54, 1.807) is 23.2 Å². The van der Waals surface area contributed by atoms with Crippen molar-refractivity contribution in [2.24, 2.45) is 5.84 Å². The minimum atomic E-state index is -0.130. The van der Waals surface area contributed by atoms with E-state index in [0.29, 0.717) is 17.9 Å². The average molecular weight is 256 g/mol. The third-order valence-corrected chi connectivity index (χ3v) is 2.80. The summed E-state index contributed by atoms with van der Waals surface area (Å²) in [5.74, 6) is 5.63. The van der Waals surface area contributed by atoms with E-state index in [9.17, 15) is 4.79 Å². The van der Waals surface area contributed by atoms with Crippen molar-refractivity contribution in [1.82, 2.24) is 4.98 Å². The molecule has 0 saturated heterocycles. The van der Waals surface area contributed by atoms with Gasteiger partial charge in [0, 0.05) is 18.4 Å². The molecule has 0 saturated carbocycles. The standard InChI is InChI=1S/C14H16N4O/c1-2-18(11-7-4-3-5-8-11)14(19)12-9-6-10-16-13(12)17-15/h3-10H,2,15H2,1H3,(H,16,17). The van der Waals surface area contributed by atoms with Crippen LogP contribution in [0.3, 0.4) is 0 Å². The number of hydrazine groups is 1. The molecule has 0 bridgehead atoms. The zero-order valence-corrected chi connectivity index (χ0v) is 10.7. The molecule has 98 valence electrons. The highest BCUT2D eigenvalue weighted by atomic mass is 16.2. The lowest BCUT2D eigenvalue weighted by Crippen LogP contribution is -2.31. The van der Waals surface area contributed by atoms with Gasteiger partial charge in [-0.25, -0.2) is 10.8 Å². The van der Waals surface area contributed by atoms with Crippen molar-refractivity contribution in [1.29, 1.82) is 0 Å². The predicted octanol–water partition coefficient (Wildman–Crippen LogP) is 2.03. The number of rotatable bonds is 4. The molecule has 2 aromatic rings. The number of nitrogen functional groups attached to an aromatic ring is 1. The predicted molar refractivity (Wildman–Crippen MR) is 75.8 cm³/mol. The molecule has 0 aliphatic heterocycles. The number of nitrogens with one attached hydrogen (secondary N) is 1. The van der Waals surface area contributed by atoms with E-state index < -0.39 is 0 Å². The fourth-order valence-electron chi connectivity index (χ4n) is 1.89. The molecule has 5 heteroatoms. The molecule has 1 amide bonds. The van der Waals surface area contributed by atoms with E-state index in [0.717, 1.165) is 5.69 Å². The Hall–Kier alpha value is -2.40. The first-order chi connectivity index (χ1) is 9.27. The lowest BCUT2D eigenvalue weighted by molar-refractivity contribution is 0.0989. The normalized spacial score (nSPS) is 10.0. The summed E-state index contributed by atoms with van der Waals surface area (Å²) in [6.07, 6.45) is 1.59. The highest BCUT2D eigenvalue weighted by Gasteiger charge is 2.19. The summed E-state index contributed by atoms with van der Waals surface area (Å²) >= 11 is 0. The van der Waals surface area contributed by atoms with Crippen LogP contribution in [0.2, 0.25) is 0 Å². The van der Waals surface area contributed by atoms with Crippen LogP contribution in [0.5, 0.6) is 0 Å². The lowest BCUT2D eigenvalue weighted by Gasteiger charge is -2.21. The summed E-state index contributed by atoms with van der Waals surface area (Å²) < 4.78 is 0. The zero-order valence-electron chi connectivity index (χ0n) is 10.7. The van der Waals surface area contributed by atoms with Crippen molar-refractivity contribution in [3.05, 3.63) is 54.2 Å². The van der Waals surface area contributed by atoms with E-state index >= 15 is 0 Å². The molecule has 1 heterocycles. The summed E-state index contributed by atoms with van der Waals surface area (Å²) in [7, 11) is 0. The molecule has 1 aromatic heterocycles. The Balaban J connectivity index is 2.36. The van der Waals surface area contributed by atoms with E-state index in [1.165, 1.54) is 0 Å². The Labute approximate surface area is 112 Å². The summed E-state index contributed by atoms with van der Waals surface area (Å²) in [6.45, 7) is 2.50. The molecular formula is C14H16N4O. The maximum Gasteiger partial charge on any atom is 0.262 e. The van der Waals surface area contributed by atoms with Crippen molar-refractivity contribution in [3.63, 3.8) is 0 Å². The molecule has 0 fully saturated rings. The average Bonchev–Trinajstić information content (AvgIpc) is 2.49. The number of para-hydroxylation sites is 1. The Morgan fingerprint density at radius 2 is 2.00 bits per heavy atom. The van der Waals surface area contributed by atoms with Crippen LogP contribution >= 0.6 is 0 Å². The Morgan fingerprint density at radius 3 is 2.63 bits per heavy atom. The molecular weight excluding hydrogens is 240 g/mol. The van der Waals surface area contributed by atoms with Gasteiger partial charge in [0.25, 0.3) is 5.91 Å². The number of carbonyl (C=O) groups is 1. The van der Waals surface area contributed by atoms with Crippen LogP contribution in [0.4, 0.5) is 11.5 Å². The number of nitrogens with two attached hydrogens (primary N) is 1. The molecule has 0 atom stereocenters. The summed E-state index contributed by atoms with van der Waals surface area (Å²) in [5, 5.41) is 0. The van der Waals surface area contributed by atoms with Gasteiger partial charge in [-0.3, -0.25) is 4.79 Å². The zero-order chi connectivity index (χ0) is 13.7. The molecule has 0 aliphatic rings. The fraction of sp³-hybridized carbons (Fsp3) is 0.143. The third-order valence-electron chi connectivity index (χ3n) is 2.80. The van der Waals surface area contributed by atoms with Crippen LogP contribution in [0.25, 0.3) is 0 Å². The number of hydrogen-bond donors (Lipinski definition) is 2. The number of aromatic nitrogens is 1. The highest BCUT2D eigenvalue weighted by Crippen LogP contribution is 2.19. The van der Waals surface area contributed by atoms with Gasteiger partial charge in [-0.15, -0.1) is 0 Å². The van der Waals surface area contributed by atoms with Gasteiger partial charge < -0.3 is 10.3 Å². The molecule has 5 nitrogen and oxygen atoms in total. The molecule has 19 heavy (non-hydrogen) atoms. The van der Waals surface area contributed by atoms with E-state index in [-0.39, 0.29) is 5.91 Å². The highest BCUT2D eigenvalue weighted by molar-refractivity contribution is 6.08. The Kier molecular flexibility index (Phi) is 4.10. The van der Waals surface area contributed by atoms with Crippen molar-refractivity contribution in [3.8, 4) is 0 Å². The second kappa shape index (κ2) is 5.97. The topological polar surface area (TPSA) is 71.2 Å². The monoisotopic (exact) mass is 256 g/mol. The van der Waals surface area contributed by atoms with E-state index in [1.807, 2.05) is 37.3 Å². The van der Waals surface area contributed by atoms with Gasteiger partial charge in [0.05, 0.1) is 5.56 Å². The summed E-state index contributed by atoms with van der Waals surface area (Å²) in [4.78, 5) is 18.3. The van der Waals surface area contributed by atoms with Gasteiger partial charge in [0.15, 0.2) is 5.82 Å². The van der Waals surface area contributed by atoms with Crippen LogP contribution in [0, 0.1) is 0 Å². The number of carbonyl (C=O) groups excluding carboxylic acids is 1. The lowest BCUT2D eigenvalue weighted by atomic mass is 10.2. The first kappa shape index (κ1) is 13.0. The molecule has 0 radical (unpaired) electrons. The SMILES string of the molecule is CCN(C(=O)c1cccnc1NN)c1ccccc1. The third kappa shape index (κ3) is 2.71. The minimum Gasteiger partial charge on any atom is -0.309 e. The molecule has 3 N–H and O–H groups in total. The largest absolute Gasteiger partial charge is 0.309 e. The van der Waals surface area contributed by atoms with Gasteiger partial charge in [-0.1, -0.05) is 18.2 Å². The Bertz CT molecular complexity index is 556. The van der Waals surface area contributed by atoms with Crippen molar-refractivity contribution in [2.75, 3.05) is 16.9 Å². The maximum absolute atomic E-state index is 12.5. The van der Waals surface area contributed by atoms with E-state index in [2.05, 4.69) is 10.4 Å². The van der Waals surface area contributed by atoms with Gasteiger partial charge in [-0.2, -0.15) is 0 Å². The number of pyridine rings is 1.